The second-order valence-electron chi connectivity index (χ2n) is 4.68. The molecule has 0 saturated heterocycles. The van der Waals surface area contributed by atoms with Crippen LogP contribution >= 0.6 is 11.3 Å². The highest BCUT2D eigenvalue weighted by molar-refractivity contribution is 7.15. The van der Waals surface area contributed by atoms with E-state index >= 15 is 0 Å². The number of aromatic nitrogens is 2. The van der Waals surface area contributed by atoms with Crippen LogP contribution in [0.4, 0.5) is 10.8 Å². The van der Waals surface area contributed by atoms with Crippen LogP contribution < -0.4 is 5.32 Å². The number of thiazole rings is 1. The molecule has 5 heteroatoms. The molecule has 0 aliphatic carbocycles. The van der Waals surface area contributed by atoms with Gasteiger partial charge >= 0.3 is 0 Å². The molecule has 0 atom stereocenters. The fourth-order valence-electron chi connectivity index (χ4n) is 2.28. The van der Waals surface area contributed by atoms with Gasteiger partial charge in [0.2, 0.25) is 0 Å². The van der Waals surface area contributed by atoms with E-state index in [1.165, 1.54) is 4.88 Å². The Labute approximate surface area is 127 Å². The number of para-hydroxylation sites is 1. The Kier molecular flexibility index (Phi) is 3.55. The van der Waals surface area contributed by atoms with E-state index < -0.39 is 0 Å². The predicted octanol–water partition coefficient (Wildman–Crippen LogP) is 4.18. The third kappa shape index (κ3) is 2.46. The minimum absolute atomic E-state index is 0.527. The van der Waals surface area contributed by atoms with E-state index in [4.69, 9.17) is 0 Å². The second-order valence-corrected chi connectivity index (χ2v) is 5.88. The smallest absolute Gasteiger partial charge is 0.187 e. The number of anilines is 2. The number of aryl methyl sites for hydroxylation is 2. The molecule has 104 valence electrons. The number of benzene rings is 1. The Balaban J connectivity index is 2.12. The molecular weight excluding hydrogens is 280 g/mol. The summed E-state index contributed by atoms with van der Waals surface area (Å²) in [7, 11) is 0. The first-order chi connectivity index (χ1) is 10.2. The lowest BCUT2D eigenvalue weighted by Gasteiger charge is -2.08. The summed E-state index contributed by atoms with van der Waals surface area (Å²) in [5, 5.41) is 14.4. The van der Waals surface area contributed by atoms with E-state index in [0.717, 1.165) is 33.8 Å². The topological polar surface area (TPSA) is 61.6 Å². The average Bonchev–Trinajstić information content (AvgIpc) is 2.87. The first-order valence-corrected chi connectivity index (χ1v) is 7.55. The summed E-state index contributed by atoms with van der Waals surface area (Å²) in [6.07, 6.45) is 2.51. The van der Waals surface area contributed by atoms with Gasteiger partial charge in [-0.05, 0) is 19.4 Å². The molecule has 2 aromatic heterocycles. The van der Waals surface area contributed by atoms with Crippen LogP contribution in [0.25, 0.3) is 10.9 Å². The van der Waals surface area contributed by atoms with Crippen LogP contribution in [0.5, 0.6) is 0 Å². The summed E-state index contributed by atoms with van der Waals surface area (Å²) in [4.78, 5) is 10.1. The van der Waals surface area contributed by atoms with Gasteiger partial charge in [-0.3, -0.25) is 4.98 Å². The molecule has 0 unspecified atom stereocenters. The molecule has 3 aromatic rings. The third-order valence-corrected chi connectivity index (χ3v) is 4.28. The van der Waals surface area contributed by atoms with Crippen molar-refractivity contribution in [3.05, 3.63) is 46.6 Å². The molecule has 0 aliphatic heterocycles. The zero-order valence-electron chi connectivity index (χ0n) is 11.8. The van der Waals surface area contributed by atoms with Crippen molar-refractivity contribution in [3.8, 4) is 6.07 Å². The minimum Gasteiger partial charge on any atom is -0.330 e. The lowest BCUT2D eigenvalue weighted by atomic mass is 10.1. The maximum Gasteiger partial charge on any atom is 0.187 e. The van der Waals surface area contributed by atoms with Crippen molar-refractivity contribution in [2.45, 2.75) is 20.3 Å². The molecular formula is C16H14N4S. The van der Waals surface area contributed by atoms with Crippen LogP contribution in [0, 0.1) is 18.3 Å². The number of nitrogens with zero attached hydrogens (tertiary/aromatic N) is 3. The van der Waals surface area contributed by atoms with E-state index in [0.29, 0.717) is 5.56 Å². The number of nitriles is 1. The average molecular weight is 294 g/mol. The molecule has 21 heavy (non-hydrogen) atoms. The van der Waals surface area contributed by atoms with Crippen LogP contribution in [0.1, 0.15) is 23.1 Å². The highest BCUT2D eigenvalue weighted by Crippen LogP contribution is 2.31. The fraction of sp³-hybridized carbons (Fsp3) is 0.188. The van der Waals surface area contributed by atoms with E-state index in [1.807, 2.05) is 24.3 Å². The SMILES string of the molecule is CCc1nc(Nc2c(C#N)cnc3ccccc23)sc1C. The van der Waals surface area contributed by atoms with Crippen molar-refractivity contribution in [2.75, 3.05) is 5.32 Å². The second kappa shape index (κ2) is 5.51. The van der Waals surface area contributed by atoms with Crippen molar-refractivity contribution in [1.29, 1.82) is 5.26 Å². The summed E-state index contributed by atoms with van der Waals surface area (Å²) in [6.45, 7) is 4.16. The molecule has 0 radical (unpaired) electrons. The lowest BCUT2D eigenvalue weighted by molar-refractivity contribution is 1.05. The molecule has 3 rings (SSSR count). The van der Waals surface area contributed by atoms with Crippen molar-refractivity contribution in [2.24, 2.45) is 0 Å². The largest absolute Gasteiger partial charge is 0.330 e. The van der Waals surface area contributed by atoms with Crippen LogP contribution in [0.2, 0.25) is 0 Å². The molecule has 4 nitrogen and oxygen atoms in total. The van der Waals surface area contributed by atoms with Gasteiger partial charge in [0.05, 0.1) is 22.5 Å². The van der Waals surface area contributed by atoms with Gasteiger partial charge in [-0.15, -0.1) is 11.3 Å². The van der Waals surface area contributed by atoms with E-state index in [-0.39, 0.29) is 0 Å². The van der Waals surface area contributed by atoms with Crippen LogP contribution in [-0.4, -0.2) is 9.97 Å². The van der Waals surface area contributed by atoms with Crippen molar-refractivity contribution in [3.63, 3.8) is 0 Å². The monoisotopic (exact) mass is 294 g/mol. The maximum absolute atomic E-state index is 9.31. The molecule has 2 heterocycles. The van der Waals surface area contributed by atoms with Crippen LogP contribution in [-0.2, 0) is 6.42 Å². The number of hydrogen-bond donors (Lipinski definition) is 1. The van der Waals surface area contributed by atoms with Crippen LogP contribution in [0.3, 0.4) is 0 Å². The Morgan fingerprint density at radius 2 is 2.14 bits per heavy atom. The van der Waals surface area contributed by atoms with Crippen molar-refractivity contribution >= 4 is 33.1 Å². The first kappa shape index (κ1) is 13.5. The molecule has 0 amide bonds. The molecule has 1 N–H and O–H groups in total. The third-order valence-electron chi connectivity index (χ3n) is 3.36. The number of fused-ring (bicyclic) bond motifs is 1. The molecule has 0 aliphatic rings. The Morgan fingerprint density at radius 1 is 1.33 bits per heavy atom. The Hall–Kier alpha value is -2.45. The van der Waals surface area contributed by atoms with Gasteiger partial charge in [0.1, 0.15) is 6.07 Å². The molecule has 0 fully saturated rings. The van der Waals surface area contributed by atoms with Gasteiger partial charge in [-0.25, -0.2) is 4.98 Å². The summed E-state index contributed by atoms with van der Waals surface area (Å²) in [5.74, 6) is 0. The Morgan fingerprint density at radius 3 is 2.86 bits per heavy atom. The van der Waals surface area contributed by atoms with Crippen molar-refractivity contribution < 1.29 is 0 Å². The van der Waals surface area contributed by atoms with E-state index in [1.54, 1.807) is 17.5 Å². The summed E-state index contributed by atoms with van der Waals surface area (Å²) in [6, 6.07) is 9.98. The lowest BCUT2D eigenvalue weighted by Crippen LogP contribution is -1.96. The van der Waals surface area contributed by atoms with Gasteiger partial charge < -0.3 is 5.32 Å². The fourth-order valence-corrected chi connectivity index (χ4v) is 3.18. The normalized spacial score (nSPS) is 10.5. The first-order valence-electron chi connectivity index (χ1n) is 6.74. The number of nitrogens with one attached hydrogen (secondary N) is 1. The quantitative estimate of drug-likeness (QED) is 0.787. The van der Waals surface area contributed by atoms with Gasteiger partial charge in [-0.1, -0.05) is 25.1 Å². The summed E-state index contributed by atoms with van der Waals surface area (Å²) in [5.41, 5.74) is 3.27. The van der Waals surface area contributed by atoms with Crippen molar-refractivity contribution in [1.82, 2.24) is 9.97 Å². The molecule has 0 spiro atoms. The summed E-state index contributed by atoms with van der Waals surface area (Å²) < 4.78 is 0. The van der Waals surface area contributed by atoms with E-state index in [2.05, 4.69) is 35.2 Å². The Bertz CT molecular complexity index is 845. The number of hydrogen-bond acceptors (Lipinski definition) is 5. The minimum atomic E-state index is 0.527. The standard InChI is InChI=1S/C16H14N4S/c1-3-13-10(2)21-16(19-13)20-15-11(8-17)9-18-14-7-5-4-6-12(14)15/h4-7,9H,3H2,1-2H3,(H,18,19,20). The molecule has 0 bridgehead atoms. The van der Waals surface area contributed by atoms with Gasteiger partial charge in [0, 0.05) is 16.5 Å². The zero-order valence-corrected chi connectivity index (χ0v) is 12.7. The van der Waals surface area contributed by atoms with Crippen LogP contribution in [0.15, 0.2) is 30.5 Å². The number of pyridine rings is 1. The van der Waals surface area contributed by atoms with Gasteiger partial charge in [0.25, 0.3) is 0 Å². The summed E-state index contributed by atoms with van der Waals surface area (Å²) >= 11 is 1.61. The molecule has 1 aromatic carbocycles. The highest BCUT2D eigenvalue weighted by atomic mass is 32.1. The maximum atomic E-state index is 9.31. The van der Waals surface area contributed by atoms with Gasteiger partial charge in [0.15, 0.2) is 5.13 Å². The predicted molar refractivity (Wildman–Crippen MR) is 86.0 cm³/mol. The number of rotatable bonds is 3. The van der Waals surface area contributed by atoms with E-state index in [9.17, 15) is 5.26 Å². The van der Waals surface area contributed by atoms with Gasteiger partial charge in [-0.2, -0.15) is 5.26 Å². The highest BCUT2D eigenvalue weighted by Gasteiger charge is 2.12. The molecule has 0 saturated carbocycles. The zero-order chi connectivity index (χ0) is 14.8.